The Labute approximate surface area is 221 Å². The predicted octanol–water partition coefficient (Wildman–Crippen LogP) is 8.16. The maximum absolute atomic E-state index is 13.8. The van der Waals surface area contributed by atoms with Gasteiger partial charge in [0.25, 0.3) is 5.91 Å². The Balaban J connectivity index is 1.46. The van der Waals surface area contributed by atoms with Gasteiger partial charge < -0.3 is 4.57 Å². The number of carbonyl (C=O) groups is 1. The number of hydrogen-bond donors (Lipinski definition) is 0. The van der Waals surface area contributed by atoms with Crippen molar-refractivity contribution in [1.29, 1.82) is 0 Å². The Hall–Kier alpha value is -2.27. The molecule has 0 spiro atoms. The Morgan fingerprint density at radius 1 is 0.944 bits per heavy atom. The molecule has 192 valence electrons. The van der Waals surface area contributed by atoms with E-state index in [0.717, 1.165) is 41.3 Å². The van der Waals surface area contributed by atoms with Crippen molar-refractivity contribution in [2.45, 2.75) is 110 Å². The lowest BCUT2D eigenvalue weighted by molar-refractivity contribution is -0.124. The Kier molecular flexibility index (Phi) is 7.76. The number of aryl methyl sites for hydroxylation is 1. The van der Waals surface area contributed by atoms with Crippen molar-refractivity contribution in [3.05, 3.63) is 57.8 Å². The summed E-state index contributed by atoms with van der Waals surface area (Å²) in [7, 11) is 0. The summed E-state index contributed by atoms with van der Waals surface area (Å²) in [6.45, 7) is 8.77. The second kappa shape index (κ2) is 11.0. The second-order valence-electron chi connectivity index (χ2n) is 11.2. The molecule has 1 aromatic heterocycles. The molecule has 2 aliphatic carbocycles. The van der Waals surface area contributed by atoms with Gasteiger partial charge in [-0.1, -0.05) is 64.5 Å². The van der Waals surface area contributed by atoms with E-state index < -0.39 is 0 Å². The molecular weight excluding hydrogens is 462 g/mol. The van der Waals surface area contributed by atoms with Crippen LogP contribution in [0.3, 0.4) is 0 Å². The third-order valence-corrected chi connectivity index (χ3v) is 9.22. The van der Waals surface area contributed by atoms with Crippen LogP contribution in [0.5, 0.6) is 0 Å². The van der Waals surface area contributed by atoms with Gasteiger partial charge >= 0.3 is 0 Å². The third-order valence-electron chi connectivity index (χ3n) is 8.22. The minimum absolute atomic E-state index is 0.160. The number of benzene rings is 1. The molecule has 0 atom stereocenters. The predicted molar refractivity (Wildman–Crippen MR) is 153 cm³/mol. The Morgan fingerprint density at radius 3 is 2.22 bits per heavy atom. The van der Waals surface area contributed by atoms with Gasteiger partial charge in [-0.05, 0) is 92.6 Å². The lowest BCUT2D eigenvalue weighted by Crippen LogP contribution is -2.41. The van der Waals surface area contributed by atoms with Crippen LogP contribution in [0.4, 0.5) is 0 Å². The van der Waals surface area contributed by atoms with Crippen LogP contribution in [0.15, 0.2) is 40.2 Å². The van der Waals surface area contributed by atoms with E-state index in [-0.39, 0.29) is 5.91 Å². The first-order chi connectivity index (χ1) is 17.4. The van der Waals surface area contributed by atoms with Gasteiger partial charge in [-0.15, -0.1) is 0 Å². The van der Waals surface area contributed by atoms with Crippen LogP contribution in [-0.2, 0) is 4.79 Å². The zero-order chi connectivity index (χ0) is 25.2. The minimum atomic E-state index is 0.160. The summed E-state index contributed by atoms with van der Waals surface area (Å²) < 4.78 is 2.30. The van der Waals surface area contributed by atoms with E-state index in [2.05, 4.69) is 73.6 Å². The first-order valence-electron chi connectivity index (χ1n) is 14.0. The van der Waals surface area contributed by atoms with Gasteiger partial charge in [0.05, 0.1) is 10.9 Å². The fourth-order valence-corrected chi connectivity index (χ4v) is 7.19. The first-order valence-corrected chi connectivity index (χ1v) is 14.8. The van der Waals surface area contributed by atoms with Gasteiger partial charge in [0, 0.05) is 23.1 Å². The average molecular weight is 504 g/mol. The summed E-state index contributed by atoms with van der Waals surface area (Å²) in [5, 5.41) is 0.961. The molecule has 0 unspecified atom stereocenters. The van der Waals surface area contributed by atoms with Gasteiger partial charge in [-0.25, -0.2) is 0 Å². The second-order valence-corrected chi connectivity index (χ2v) is 12.2. The number of carbonyl (C=O) groups excluding carboxylic acids is 1. The average Bonchev–Trinajstić information content (AvgIpc) is 3.34. The van der Waals surface area contributed by atoms with Crippen molar-refractivity contribution in [2.24, 2.45) is 4.99 Å². The highest BCUT2D eigenvalue weighted by molar-refractivity contribution is 8.18. The first kappa shape index (κ1) is 25.4. The third kappa shape index (κ3) is 5.22. The van der Waals surface area contributed by atoms with E-state index in [1.807, 2.05) is 0 Å². The SMILES string of the molecule is Cc1cc(C=C2SC(=NC3CCCCC3)N(C3CCCCC3)C2=O)c(C)n1-c1ccc(C(C)C)cc1. The quantitative estimate of drug-likeness (QED) is 0.386. The van der Waals surface area contributed by atoms with Gasteiger partial charge in [0.2, 0.25) is 0 Å². The molecule has 5 heteroatoms. The van der Waals surface area contributed by atoms with Crippen LogP contribution < -0.4 is 0 Å². The molecule has 2 aromatic rings. The number of amides is 1. The summed E-state index contributed by atoms with van der Waals surface area (Å²) in [6.07, 6.45) is 14.2. The highest BCUT2D eigenvalue weighted by Gasteiger charge is 2.39. The number of amidine groups is 1. The van der Waals surface area contributed by atoms with E-state index in [1.165, 1.54) is 61.2 Å². The summed E-state index contributed by atoms with van der Waals surface area (Å²) in [4.78, 5) is 21.9. The van der Waals surface area contributed by atoms with Crippen molar-refractivity contribution >= 4 is 28.9 Å². The van der Waals surface area contributed by atoms with Crippen LogP contribution in [0.25, 0.3) is 11.8 Å². The molecule has 2 saturated carbocycles. The van der Waals surface area contributed by atoms with Gasteiger partial charge in [-0.3, -0.25) is 14.7 Å². The highest BCUT2D eigenvalue weighted by atomic mass is 32.2. The van der Waals surface area contributed by atoms with Crippen molar-refractivity contribution in [2.75, 3.05) is 0 Å². The number of aliphatic imine (C=N–C) groups is 1. The van der Waals surface area contributed by atoms with Crippen LogP contribution in [-0.4, -0.2) is 32.6 Å². The normalized spacial score (nSPS) is 22.5. The molecule has 3 fully saturated rings. The molecule has 36 heavy (non-hydrogen) atoms. The summed E-state index contributed by atoms with van der Waals surface area (Å²) in [5.74, 6) is 0.681. The lowest BCUT2D eigenvalue weighted by atomic mass is 9.94. The molecule has 3 aliphatic rings. The lowest BCUT2D eigenvalue weighted by Gasteiger charge is -2.31. The molecule has 0 N–H and O–H groups in total. The molecule has 2 heterocycles. The standard InChI is InChI=1S/C31H41N3OS/c1-21(2)24-15-17-28(18-16-24)33-22(3)19-25(23(33)4)20-29-30(35)34(27-13-9-6-10-14-27)31(36-29)32-26-11-7-5-8-12-26/h15-21,26-27H,5-14H2,1-4H3. The van der Waals surface area contributed by atoms with Crippen molar-refractivity contribution in [1.82, 2.24) is 9.47 Å². The van der Waals surface area contributed by atoms with Gasteiger partial charge in [0.15, 0.2) is 5.17 Å². The summed E-state index contributed by atoms with van der Waals surface area (Å²) >= 11 is 1.61. The topological polar surface area (TPSA) is 37.6 Å². The fourth-order valence-electron chi connectivity index (χ4n) is 6.08. The number of rotatable bonds is 5. The Bertz CT molecular complexity index is 1150. The fraction of sp³-hybridized carbons (Fsp3) is 0.548. The maximum Gasteiger partial charge on any atom is 0.267 e. The zero-order valence-corrected chi connectivity index (χ0v) is 23.2. The maximum atomic E-state index is 13.8. The largest absolute Gasteiger partial charge is 0.318 e. The zero-order valence-electron chi connectivity index (χ0n) is 22.4. The minimum Gasteiger partial charge on any atom is -0.318 e. The molecule has 1 aromatic carbocycles. The summed E-state index contributed by atoms with van der Waals surface area (Å²) in [6, 6.07) is 11.8. The van der Waals surface area contributed by atoms with E-state index in [1.54, 1.807) is 11.8 Å². The summed E-state index contributed by atoms with van der Waals surface area (Å²) in [5.41, 5.74) is 6.01. The number of aromatic nitrogens is 1. The molecule has 1 aliphatic heterocycles. The van der Waals surface area contributed by atoms with E-state index in [4.69, 9.17) is 4.99 Å². The molecule has 1 saturated heterocycles. The van der Waals surface area contributed by atoms with Crippen LogP contribution in [0.1, 0.15) is 106 Å². The van der Waals surface area contributed by atoms with Crippen LogP contribution in [0, 0.1) is 13.8 Å². The monoisotopic (exact) mass is 503 g/mol. The van der Waals surface area contributed by atoms with E-state index in [0.29, 0.717) is 18.0 Å². The molecular formula is C31H41N3OS. The van der Waals surface area contributed by atoms with E-state index >= 15 is 0 Å². The van der Waals surface area contributed by atoms with Crippen molar-refractivity contribution < 1.29 is 4.79 Å². The number of nitrogens with zero attached hydrogens (tertiary/aromatic N) is 3. The van der Waals surface area contributed by atoms with E-state index in [9.17, 15) is 4.79 Å². The van der Waals surface area contributed by atoms with Gasteiger partial charge in [0.1, 0.15) is 0 Å². The molecule has 1 amide bonds. The van der Waals surface area contributed by atoms with Gasteiger partial charge in [-0.2, -0.15) is 0 Å². The molecule has 0 radical (unpaired) electrons. The van der Waals surface area contributed by atoms with Crippen LogP contribution >= 0.6 is 11.8 Å². The van der Waals surface area contributed by atoms with Crippen molar-refractivity contribution in [3.8, 4) is 5.69 Å². The number of hydrogen-bond acceptors (Lipinski definition) is 3. The van der Waals surface area contributed by atoms with Crippen molar-refractivity contribution in [3.63, 3.8) is 0 Å². The van der Waals surface area contributed by atoms with Crippen LogP contribution in [0.2, 0.25) is 0 Å². The Morgan fingerprint density at radius 2 is 1.58 bits per heavy atom. The molecule has 0 bridgehead atoms. The highest BCUT2D eigenvalue weighted by Crippen LogP contribution is 2.39. The smallest absolute Gasteiger partial charge is 0.267 e. The number of thioether (sulfide) groups is 1. The molecule has 5 rings (SSSR count). The molecule has 4 nitrogen and oxygen atoms in total.